The van der Waals surface area contributed by atoms with Crippen LogP contribution in [-0.2, 0) is 0 Å². The van der Waals surface area contributed by atoms with Gasteiger partial charge in [0, 0.05) is 24.1 Å². The van der Waals surface area contributed by atoms with E-state index < -0.39 is 11.6 Å². The van der Waals surface area contributed by atoms with Crippen molar-refractivity contribution >= 4 is 5.91 Å². The van der Waals surface area contributed by atoms with Crippen LogP contribution in [0.25, 0.3) is 0 Å². The Hall–Kier alpha value is -2.47. The molecule has 4 fully saturated rings. The average molecular weight is 384 g/mol. The molecule has 0 radical (unpaired) electrons. The van der Waals surface area contributed by atoms with Gasteiger partial charge in [-0.25, -0.2) is 8.78 Å². The van der Waals surface area contributed by atoms with Crippen LogP contribution in [0.1, 0.15) is 34.7 Å². The van der Waals surface area contributed by atoms with Crippen LogP contribution in [-0.4, -0.2) is 52.5 Å². The third-order valence-corrected chi connectivity index (χ3v) is 6.75. The summed E-state index contributed by atoms with van der Waals surface area (Å²) < 4.78 is 28.5. The van der Waals surface area contributed by atoms with E-state index in [9.17, 15) is 18.7 Å². The third-order valence-electron chi connectivity index (χ3n) is 6.75. The fourth-order valence-corrected chi connectivity index (χ4v) is 5.50. The third kappa shape index (κ3) is 2.62. The normalized spacial score (nSPS) is 31.1. The number of carbonyl (C=O) groups excluding carboxylic acids is 1. The second kappa shape index (κ2) is 6.55. The molecular weight excluding hydrogens is 362 g/mol. The number of phenols is 1. The zero-order valence-electron chi connectivity index (χ0n) is 15.4. The van der Waals surface area contributed by atoms with Crippen molar-refractivity contribution in [3.05, 3.63) is 65.2 Å². The quantitative estimate of drug-likeness (QED) is 0.863. The van der Waals surface area contributed by atoms with Crippen molar-refractivity contribution in [1.29, 1.82) is 0 Å². The minimum atomic E-state index is -0.840. The number of nitrogens with zero attached hydrogens (tertiary/aromatic N) is 2. The van der Waals surface area contributed by atoms with Gasteiger partial charge in [0.15, 0.2) is 11.6 Å². The highest BCUT2D eigenvalue weighted by Crippen LogP contribution is 2.47. The molecule has 2 aromatic rings. The number of likely N-dealkylation sites (tertiary alicyclic amines) is 1. The fraction of sp³-hybridized carbons (Fsp3) is 0.409. The first-order chi connectivity index (χ1) is 13.5. The molecule has 0 aromatic heterocycles. The number of rotatable bonds is 2. The lowest BCUT2D eigenvalue weighted by Crippen LogP contribution is -2.60. The number of halogens is 2. The number of phenolic OH excluding ortho intramolecular Hbond substituents is 1. The maximum Gasteiger partial charge on any atom is 0.254 e. The summed E-state index contributed by atoms with van der Waals surface area (Å²) in [7, 11) is 0. The van der Waals surface area contributed by atoms with Gasteiger partial charge in [0.1, 0.15) is 5.75 Å². The number of fused-ring (bicyclic) bond motifs is 2. The standard InChI is InChI=1S/C22H22F2N2O2/c23-18-3-1-2-16(19(18)24)17-12-26(22(28)14-4-6-15(27)7-5-14)20-13-8-10-25(11-9-13)21(17)20/h1-7,13,17,20-21,27H,8-12H2/t17-,20+,21+/m0/s1. The summed E-state index contributed by atoms with van der Waals surface area (Å²) >= 11 is 0. The largest absolute Gasteiger partial charge is 0.508 e. The van der Waals surface area contributed by atoms with Gasteiger partial charge < -0.3 is 10.0 Å². The van der Waals surface area contributed by atoms with Gasteiger partial charge in [0.2, 0.25) is 0 Å². The molecule has 2 aromatic carbocycles. The summed E-state index contributed by atoms with van der Waals surface area (Å²) in [6.45, 7) is 2.27. The molecule has 3 atom stereocenters. The number of hydrogen-bond acceptors (Lipinski definition) is 3. The van der Waals surface area contributed by atoms with Gasteiger partial charge in [0.25, 0.3) is 5.91 Å². The van der Waals surface area contributed by atoms with Crippen LogP contribution in [0.4, 0.5) is 8.78 Å². The molecule has 4 heterocycles. The SMILES string of the molecule is O=C(c1ccc(O)cc1)N1C[C@@H](c2cccc(F)c2F)[C@@H]2[C@H]1C1CCN2CC1. The fourth-order valence-electron chi connectivity index (χ4n) is 5.50. The smallest absolute Gasteiger partial charge is 0.254 e. The topological polar surface area (TPSA) is 43.8 Å². The summed E-state index contributed by atoms with van der Waals surface area (Å²) in [5, 5.41) is 9.52. The van der Waals surface area contributed by atoms with Crippen molar-refractivity contribution in [2.75, 3.05) is 19.6 Å². The lowest BCUT2D eigenvalue weighted by Gasteiger charge is -2.51. The predicted molar refractivity (Wildman–Crippen MR) is 100 cm³/mol. The van der Waals surface area contributed by atoms with Crippen molar-refractivity contribution < 1.29 is 18.7 Å². The number of benzene rings is 2. The van der Waals surface area contributed by atoms with E-state index in [2.05, 4.69) is 4.90 Å². The van der Waals surface area contributed by atoms with Crippen LogP contribution in [0.5, 0.6) is 5.75 Å². The predicted octanol–water partition coefficient (Wildman–Crippen LogP) is 3.37. The van der Waals surface area contributed by atoms with E-state index in [1.807, 2.05) is 4.90 Å². The van der Waals surface area contributed by atoms with Crippen molar-refractivity contribution in [1.82, 2.24) is 9.80 Å². The van der Waals surface area contributed by atoms with Gasteiger partial charge in [-0.3, -0.25) is 9.69 Å². The van der Waals surface area contributed by atoms with Gasteiger partial charge in [-0.2, -0.15) is 0 Å². The minimum Gasteiger partial charge on any atom is -0.508 e. The zero-order valence-corrected chi connectivity index (χ0v) is 15.4. The van der Waals surface area contributed by atoms with Gasteiger partial charge >= 0.3 is 0 Å². The summed E-state index contributed by atoms with van der Waals surface area (Å²) in [5.74, 6) is -1.50. The molecule has 1 amide bonds. The molecule has 4 aliphatic heterocycles. The highest BCUT2D eigenvalue weighted by molar-refractivity contribution is 5.95. The van der Waals surface area contributed by atoms with E-state index in [0.29, 0.717) is 23.6 Å². The van der Waals surface area contributed by atoms with Crippen LogP contribution in [0.3, 0.4) is 0 Å². The Morgan fingerprint density at radius 2 is 1.71 bits per heavy atom. The first-order valence-electron chi connectivity index (χ1n) is 9.82. The van der Waals surface area contributed by atoms with Crippen LogP contribution in [0.15, 0.2) is 42.5 Å². The molecule has 0 aliphatic carbocycles. The Balaban J connectivity index is 1.55. The molecular formula is C22H22F2N2O2. The number of aromatic hydroxyl groups is 1. The molecule has 0 saturated carbocycles. The zero-order chi connectivity index (χ0) is 19.4. The molecule has 0 spiro atoms. The molecule has 4 nitrogen and oxygen atoms in total. The molecule has 1 N–H and O–H groups in total. The summed E-state index contributed by atoms with van der Waals surface area (Å²) in [5.41, 5.74) is 0.872. The van der Waals surface area contributed by atoms with Crippen molar-refractivity contribution in [3.63, 3.8) is 0 Å². The molecule has 146 valence electrons. The second-order valence-electron chi connectivity index (χ2n) is 8.11. The Bertz CT molecular complexity index is 909. The Morgan fingerprint density at radius 3 is 2.43 bits per heavy atom. The van der Waals surface area contributed by atoms with E-state index in [-0.39, 0.29) is 29.7 Å². The van der Waals surface area contributed by atoms with E-state index in [4.69, 9.17) is 0 Å². The van der Waals surface area contributed by atoms with Crippen LogP contribution in [0.2, 0.25) is 0 Å². The number of amides is 1. The Morgan fingerprint density at radius 1 is 1.00 bits per heavy atom. The Kier molecular flexibility index (Phi) is 4.12. The summed E-state index contributed by atoms with van der Waals surface area (Å²) in [6, 6.07) is 10.6. The first-order valence-corrected chi connectivity index (χ1v) is 9.82. The van der Waals surface area contributed by atoms with Crippen LogP contribution >= 0.6 is 0 Å². The van der Waals surface area contributed by atoms with E-state index in [1.54, 1.807) is 24.3 Å². The van der Waals surface area contributed by atoms with E-state index in [1.165, 1.54) is 12.1 Å². The molecule has 2 bridgehead atoms. The van der Waals surface area contributed by atoms with Gasteiger partial charge in [-0.15, -0.1) is 0 Å². The Labute approximate surface area is 162 Å². The van der Waals surface area contributed by atoms with Crippen LogP contribution in [0, 0.1) is 17.6 Å². The average Bonchev–Trinajstić information content (AvgIpc) is 3.14. The molecule has 6 rings (SSSR count). The van der Waals surface area contributed by atoms with Crippen molar-refractivity contribution in [2.45, 2.75) is 30.8 Å². The maximum atomic E-state index is 14.6. The first kappa shape index (κ1) is 17.6. The van der Waals surface area contributed by atoms with Gasteiger partial charge in [0.05, 0.1) is 6.04 Å². The minimum absolute atomic E-state index is 0.0106. The van der Waals surface area contributed by atoms with Crippen molar-refractivity contribution in [2.24, 2.45) is 5.92 Å². The highest BCUT2D eigenvalue weighted by Gasteiger charge is 2.55. The molecule has 28 heavy (non-hydrogen) atoms. The highest BCUT2D eigenvalue weighted by atomic mass is 19.2. The summed E-state index contributed by atoms with van der Waals surface area (Å²) in [4.78, 5) is 17.5. The maximum absolute atomic E-state index is 14.6. The lowest BCUT2D eigenvalue weighted by atomic mass is 9.75. The monoisotopic (exact) mass is 384 g/mol. The molecule has 4 aliphatic rings. The molecule has 4 saturated heterocycles. The number of piperidine rings is 3. The second-order valence-corrected chi connectivity index (χ2v) is 8.11. The van der Waals surface area contributed by atoms with Gasteiger partial charge in [-0.1, -0.05) is 12.1 Å². The number of hydrogen-bond donors (Lipinski definition) is 1. The summed E-state index contributed by atoms with van der Waals surface area (Å²) in [6.07, 6.45) is 2.05. The molecule has 6 heteroatoms. The number of carbonyl (C=O) groups is 1. The van der Waals surface area contributed by atoms with E-state index in [0.717, 1.165) is 32.0 Å². The lowest BCUT2D eigenvalue weighted by molar-refractivity contribution is -0.00359. The molecule has 0 unspecified atom stereocenters. The van der Waals surface area contributed by atoms with E-state index >= 15 is 0 Å². The van der Waals surface area contributed by atoms with Gasteiger partial charge in [-0.05, 0) is 67.7 Å². The van der Waals surface area contributed by atoms with Crippen molar-refractivity contribution in [3.8, 4) is 5.75 Å². The van der Waals surface area contributed by atoms with Crippen LogP contribution < -0.4 is 0 Å².